The van der Waals surface area contributed by atoms with E-state index in [1.165, 1.54) is 33.8 Å². The van der Waals surface area contributed by atoms with Crippen LogP contribution in [0.5, 0.6) is 0 Å². The zero-order chi connectivity index (χ0) is 12.5. The van der Waals surface area contributed by atoms with Gasteiger partial charge in [0.05, 0.1) is 0 Å². The van der Waals surface area contributed by atoms with Gasteiger partial charge in [-0.3, -0.25) is 0 Å². The van der Waals surface area contributed by atoms with E-state index in [2.05, 4.69) is 50.3 Å². The maximum atomic E-state index is 2.35. The number of hydrogen-bond acceptors (Lipinski definition) is 2. The third-order valence-electron chi connectivity index (χ3n) is 3.58. The average molecular weight is 274 g/mol. The fourth-order valence-electron chi connectivity index (χ4n) is 2.52. The maximum absolute atomic E-state index is 2.35. The van der Waals surface area contributed by atoms with E-state index in [0.29, 0.717) is 10.5 Å². The zero-order valence-corrected chi connectivity index (χ0v) is 12.5. The second-order valence-electron chi connectivity index (χ2n) is 4.98. The second kappa shape index (κ2) is 5.18. The molecule has 0 aliphatic carbocycles. The number of benzene rings is 1. The minimum atomic E-state index is 0.648. The van der Waals surface area contributed by atoms with Crippen LogP contribution in [0.1, 0.15) is 48.3 Å². The Labute approximate surface area is 118 Å². The van der Waals surface area contributed by atoms with Gasteiger partial charge in [-0.2, -0.15) is 0 Å². The fourth-order valence-corrected chi connectivity index (χ4v) is 4.77. The van der Waals surface area contributed by atoms with Crippen LogP contribution in [-0.4, -0.2) is 0 Å². The van der Waals surface area contributed by atoms with Crippen LogP contribution < -0.4 is 0 Å². The Morgan fingerprint density at radius 3 is 1.44 bits per heavy atom. The SMILES string of the molecule is CC1=CCC(c2ccc(C3CC=C(C)S3)cc2)S1. The summed E-state index contributed by atoms with van der Waals surface area (Å²) in [5.41, 5.74) is 2.95. The predicted molar refractivity (Wildman–Crippen MR) is 83.9 cm³/mol. The van der Waals surface area contributed by atoms with Gasteiger partial charge in [0.25, 0.3) is 0 Å². The van der Waals surface area contributed by atoms with Crippen molar-refractivity contribution in [3.8, 4) is 0 Å². The van der Waals surface area contributed by atoms with E-state index in [1.54, 1.807) is 0 Å². The Hall–Kier alpha value is -0.600. The van der Waals surface area contributed by atoms with Crippen molar-refractivity contribution in [1.82, 2.24) is 0 Å². The molecule has 2 unspecified atom stereocenters. The number of allylic oxidation sites excluding steroid dienone is 4. The quantitative estimate of drug-likeness (QED) is 0.663. The third kappa shape index (κ3) is 2.55. The van der Waals surface area contributed by atoms with Crippen molar-refractivity contribution < 1.29 is 0 Å². The van der Waals surface area contributed by atoms with Gasteiger partial charge in [0, 0.05) is 10.5 Å². The lowest BCUT2D eigenvalue weighted by Gasteiger charge is -2.13. The topological polar surface area (TPSA) is 0 Å². The molecule has 2 heterocycles. The van der Waals surface area contributed by atoms with Gasteiger partial charge in [0.2, 0.25) is 0 Å². The average Bonchev–Trinajstić information content (AvgIpc) is 2.98. The minimum absolute atomic E-state index is 0.648. The van der Waals surface area contributed by atoms with Crippen molar-refractivity contribution in [3.05, 3.63) is 57.4 Å². The Kier molecular flexibility index (Phi) is 3.58. The van der Waals surface area contributed by atoms with E-state index in [9.17, 15) is 0 Å². The van der Waals surface area contributed by atoms with Crippen molar-refractivity contribution in [2.45, 2.75) is 37.2 Å². The van der Waals surface area contributed by atoms with Gasteiger partial charge in [0.1, 0.15) is 0 Å². The molecule has 0 fully saturated rings. The Morgan fingerprint density at radius 2 is 1.17 bits per heavy atom. The lowest BCUT2D eigenvalue weighted by molar-refractivity contribution is 0.965. The van der Waals surface area contributed by atoms with Crippen LogP contribution in [-0.2, 0) is 0 Å². The molecule has 2 heteroatoms. The molecule has 2 aliphatic heterocycles. The highest BCUT2D eigenvalue weighted by Gasteiger charge is 2.19. The van der Waals surface area contributed by atoms with Gasteiger partial charge >= 0.3 is 0 Å². The molecule has 0 radical (unpaired) electrons. The predicted octanol–water partition coefficient (Wildman–Crippen LogP) is 5.85. The molecule has 1 aromatic rings. The highest BCUT2D eigenvalue weighted by Crippen LogP contribution is 2.45. The molecule has 0 saturated carbocycles. The van der Waals surface area contributed by atoms with Crippen LogP contribution >= 0.6 is 23.5 Å². The Balaban J connectivity index is 1.70. The van der Waals surface area contributed by atoms with Crippen LogP contribution in [0, 0.1) is 0 Å². The summed E-state index contributed by atoms with van der Waals surface area (Å²) in [6, 6.07) is 9.31. The van der Waals surface area contributed by atoms with E-state index < -0.39 is 0 Å². The second-order valence-corrected chi connectivity index (χ2v) is 7.88. The van der Waals surface area contributed by atoms with Crippen LogP contribution in [0.2, 0.25) is 0 Å². The standard InChI is InChI=1S/C16H18S2/c1-11-3-9-15(17-11)13-5-7-14(8-6-13)16-10-4-12(2)18-16/h3-8,15-16H,9-10H2,1-2H3. The molecule has 0 aromatic heterocycles. The first-order chi connectivity index (χ1) is 8.72. The normalized spacial score (nSPS) is 27.2. The molecule has 18 heavy (non-hydrogen) atoms. The van der Waals surface area contributed by atoms with E-state index in [1.807, 2.05) is 23.5 Å². The van der Waals surface area contributed by atoms with Crippen molar-refractivity contribution in [3.63, 3.8) is 0 Å². The fraction of sp³-hybridized carbons (Fsp3) is 0.375. The van der Waals surface area contributed by atoms with Crippen molar-refractivity contribution in [2.75, 3.05) is 0 Å². The van der Waals surface area contributed by atoms with E-state index in [0.717, 1.165) is 0 Å². The molecule has 0 nitrogen and oxygen atoms in total. The van der Waals surface area contributed by atoms with Crippen LogP contribution in [0.25, 0.3) is 0 Å². The molecule has 1 aromatic carbocycles. The first-order valence-corrected chi connectivity index (χ1v) is 8.25. The molecule has 0 amide bonds. The number of rotatable bonds is 2. The summed E-state index contributed by atoms with van der Waals surface area (Å²) in [4.78, 5) is 2.94. The molecular weight excluding hydrogens is 256 g/mol. The van der Waals surface area contributed by atoms with Gasteiger partial charge in [-0.1, -0.05) is 36.4 Å². The third-order valence-corrected chi connectivity index (χ3v) is 6.15. The van der Waals surface area contributed by atoms with Crippen LogP contribution in [0.3, 0.4) is 0 Å². The summed E-state index contributed by atoms with van der Waals surface area (Å²) < 4.78 is 0. The first-order valence-electron chi connectivity index (χ1n) is 6.49. The lowest BCUT2D eigenvalue weighted by atomic mass is 10.0. The monoisotopic (exact) mass is 274 g/mol. The van der Waals surface area contributed by atoms with Gasteiger partial charge in [-0.05, 0) is 47.6 Å². The van der Waals surface area contributed by atoms with E-state index >= 15 is 0 Å². The Bertz CT molecular complexity index is 449. The lowest BCUT2D eigenvalue weighted by Crippen LogP contribution is -1.92. The molecule has 2 atom stereocenters. The number of hydrogen-bond donors (Lipinski definition) is 0. The molecular formula is C16H18S2. The molecule has 0 saturated heterocycles. The Morgan fingerprint density at radius 1 is 0.778 bits per heavy atom. The number of thioether (sulfide) groups is 2. The van der Waals surface area contributed by atoms with E-state index in [-0.39, 0.29) is 0 Å². The highest BCUT2D eigenvalue weighted by molar-refractivity contribution is 8.03. The molecule has 0 N–H and O–H groups in total. The molecule has 2 aliphatic rings. The molecule has 0 bridgehead atoms. The van der Waals surface area contributed by atoms with Gasteiger partial charge < -0.3 is 0 Å². The molecule has 3 rings (SSSR count). The van der Waals surface area contributed by atoms with Crippen molar-refractivity contribution in [2.24, 2.45) is 0 Å². The van der Waals surface area contributed by atoms with Gasteiger partial charge in [-0.25, -0.2) is 0 Å². The smallest absolute Gasteiger partial charge is 0.0375 e. The summed E-state index contributed by atoms with van der Waals surface area (Å²) in [5.74, 6) is 0. The highest BCUT2D eigenvalue weighted by atomic mass is 32.2. The summed E-state index contributed by atoms with van der Waals surface area (Å²) in [6.07, 6.45) is 7.08. The van der Waals surface area contributed by atoms with Gasteiger partial charge in [0.15, 0.2) is 0 Å². The van der Waals surface area contributed by atoms with Crippen molar-refractivity contribution in [1.29, 1.82) is 0 Å². The summed E-state index contributed by atoms with van der Waals surface area (Å²) in [5, 5.41) is 1.30. The summed E-state index contributed by atoms with van der Waals surface area (Å²) in [6.45, 7) is 4.42. The zero-order valence-electron chi connectivity index (χ0n) is 10.8. The van der Waals surface area contributed by atoms with Crippen molar-refractivity contribution >= 4 is 23.5 Å². The van der Waals surface area contributed by atoms with Gasteiger partial charge in [-0.15, -0.1) is 23.5 Å². The maximum Gasteiger partial charge on any atom is 0.0375 e. The van der Waals surface area contributed by atoms with Crippen LogP contribution in [0.15, 0.2) is 46.2 Å². The summed E-state index contributed by atoms with van der Waals surface area (Å²) in [7, 11) is 0. The van der Waals surface area contributed by atoms with Crippen LogP contribution in [0.4, 0.5) is 0 Å². The largest absolute Gasteiger partial charge is 0.123 e. The summed E-state index contributed by atoms with van der Waals surface area (Å²) >= 11 is 4.01. The molecule has 94 valence electrons. The van der Waals surface area contributed by atoms with E-state index in [4.69, 9.17) is 0 Å². The molecule has 0 spiro atoms. The first kappa shape index (κ1) is 12.4. The minimum Gasteiger partial charge on any atom is -0.123 e.